The highest BCUT2D eigenvalue weighted by Crippen LogP contribution is 2.25. The molecule has 0 atom stereocenters. The molecule has 6 nitrogen and oxygen atoms in total. The van der Waals surface area contributed by atoms with Crippen molar-refractivity contribution in [1.29, 1.82) is 0 Å². The van der Waals surface area contributed by atoms with Crippen molar-refractivity contribution in [1.82, 2.24) is 4.73 Å². The fraction of sp³-hybridized carbons (Fsp3) is 0.143. The number of benzene rings is 1. The molecule has 0 amide bonds. The van der Waals surface area contributed by atoms with Crippen LogP contribution in [0.15, 0.2) is 40.1 Å². The molecule has 0 bridgehead atoms. The first-order chi connectivity index (χ1) is 9.41. The highest BCUT2D eigenvalue weighted by Gasteiger charge is 2.15. The number of hydrogen-bond acceptors (Lipinski definition) is 5. The molecule has 2 aromatic rings. The number of pyridine rings is 1. The van der Waals surface area contributed by atoms with Gasteiger partial charge in [0.1, 0.15) is 0 Å². The molecule has 20 heavy (non-hydrogen) atoms. The second kappa shape index (κ2) is 5.08. The topological polar surface area (TPSA) is 101 Å². The average Bonchev–Trinajstić information content (AvgIpc) is 2.39. The second-order valence-corrected chi connectivity index (χ2v) is 4.43. The molecule has 0 saturated heterocycles. The van der Waals surface area contributed by atoms with E-state index in [1.165, 1.54) is 6.07 Å². The van der Waals surface area contributed by atoms with Gasteiger partial charge in [-0.2, -0.15) is 0 Å². The molecular weight excluding hydrogens is 258 g/mol. The van der Waals surface area contributed by atoms with Crippen LogP contribution < -0.4 is 11.3 Å². The lowest BCUT2D eigenvalue weighted by atomic mass is 10.1. The number of rotatable bonds is 2. The fourth-order valence-corrected chi connectivity index (χ4v) is 1.98. The third-order valence-electron chi connectivity index (χ3n) is 2.95. The molecule has 0 aliphatic carbocycles. The van der Waals surface area contributed by atoms with Crippen molar-refractivity contribution in [3.8, 4) is 5.88 Å². The molecule has 0 aliphatic rings. The molecule has 0 spiro atoms. The van der Waals surface area contributed by atoms with Crippen molar-refractivity contribution in [2.75, 3.05) is 5.73 Å². The van der Waals surface area contributed by atoms with E-state index in [-0.39, 0.29) is 4.73 Å². The lowest BCUT2D eigenvalue weighted by molar-refractivity contribution is 0.143. The summed E-state index contributed by atoms with van der Waals surface area (Å²) in [7, 11) is 0. The smallest absolute Gasteiger partial charge is 0.286 e. The minimum absolute atomic E-state index is 0.190. The van der Waals surface area contributed by atoms with Crippen LogP contribution in [-0.4, -0.2) is 20.8 Å². The summed E-state index contributed by atoms with van der Waals surface area (Å²) in [4.78, 5) is 15.7. The Morgan fingerprint density at radius 3 is 2.65 bits per heavy atom. The molecule has 6 heteroatoms. The van der Waals surface area contributed by atoms with Gasteiger partial charge in [0.25, 0.3) is 5.56 Å². The standard InChI is InChI=1S/C14H15N3O3/c1-8-7-12(18)17(20)14(19)13(8)9(2)16-11-6-4-3-5-10(11)15/h3-7,19-20H,15H2,1-2H3. The number of nitrogen functional groups attached to an aromatic ring is 1. The van der Waals surface area contributed by atoms with Gasteiger partial charge >= 0.3 is 0 Å². The van der Waals surface area contributed by atoms with Crippen LogP contribution in [0.2, 0.25) is 0 Å². The molecule has 0 saturated carbocycles. The van der Waals surface area contributed by atoms with Gasteiger partial charge in [-0.05, 0) is 31.5 Å². The van der Waals surface area contributed by atoms with Crippen molar-refractivity contribution in [3.63, 3.8) is 0 Å². The number of hydrogen-bond donors (Lipinski definition) is 3. The Morgan fingerprint density at radius 1 is 1.35 bits per heavy atom. The lowest BCUT2D eigenvalue weighted by Crippen LogP contribution is -2.20. The number of aryl methyl sites for hydroxylation is 1. The van der Waals surface area contributed by atoms with E-state index in [2.05, 4.69) is 4.99 Å². The van der Waals surface area contributed by atoms with Crippen molar-refractivity contribution in [2.24, 2.45) is 4.99 Å². The summed E-state index contributed by atoms with van der Waals surface area (Å²) in [5, 5.41) is 19.3. The molecule has 0 radical (unpaired) electrons. The van der Waals surface area contributed by atoms with Crippen LogP contribution in [0.5, 0.6) is 5.88 Å². The summed E-state index contributed by atoms with van der Waals surface area (Å²) < 4.78 is 0.190. The van der Waals surface area contributed by atoms with Crippen molar-refractivity contribution in [3.05, 3.63) is 51.8 Å². The zero-order valence-corrected chi connectivity index (χ0v) is 11.2. The summed E-state index contributed by atoms with van der Waals surface area (Å²) in [6, 6.07) is 8.26. The van der Waals surface area contributed by atoms with E-state index in [9.17, 15) is 15.1 Å². The van der Waals surface area contributed by atoms with Crippen LogP contribution in [0.4, 0.5) is 11.4 Å². The largest absolute Gasteiger partial charge is 0.492 e. The van der Waals surface area contributed by atoms with Crippen molar-refractivity contribution < 1.29 is 10.3 Å². The second-order valence-electron chi connectivity index (χ2n) is 4.43. The van der Waals surface area contributed by atoms with Crippen LogP contribution in [0, 0.1) is 6.92 Å². The normalized spacial score (nSPS) is 11.6. The Balaban J connectivity index is 2.60. The maximum atomic E-state index is 11.3. The van der Waals surface area contributed by atoms with E-state index in [0.29, 0.717) is 28.2 Å². The number of anilines is 1. The minimum Gasteiger partial charge on any atom is -0.492 e. The summed E-state index contributed by atoms with van der Waals surface area (Å²) in [6.07, 6.45) is 0. The van der Waals surface area contributed by atoms with E-state index in [1.807, 2.05) is 0 Å². The quantitative estimate of drug-likeness (QED) is 0.441. The Hall–Kier alpha value is -2.76. The van der Waals surface area contributed by atoms with Gasteiger partial charge in [0, 0.05) is 6.07 Å². The van der Waals surface area contributed by atoms with Gasteiger partial charge in [0.15, 0.2) is 0 Å². The number of nitrogens with two attached hydrogens (primary N) is 1. The van der Waals surface area contributed by atoms with Gasteiger partial charge in [-0.25, -0.2) is 0 Å². The zero-order valence-electron chi connectivity index (χ0n) is 11.2. The van der Waals surface area contributed by atoms with Crippen LogP contribution >= 0.6 is 0 Å². The predicted octanol–water partition coefficient (Wildman–Crippen LogP) is 1.82. The van der Waals surface area contributed by atoms with Gasteiger partial charge < -0.3 is 16.0 Å². The number of nitrogens with zero attached hydrogens (tertiary/aromatic N) is 2. The summed E-state index contributed by atoms with van der Waals surface area (Å²) in [6.45, 7) is 3.32. The van der Waals surface area contributed by atoms with Crippen molar-refractivity contribution in [2.45, 2.75) is 13.8 Å². The summed E-state index contributed by atoms with van der Waals surface area (Å²) in [5.74, 6) is -0.536. The van der Waals surface area contributed by atoms with Gasteiger partial charge in [0.2, 0.25) is 5.88 Å². The Morgan fingerprint density at radius 2 is 2.00 bits per heavy atom. The Bertz CT molecular complexity index is 748. The first-order valence-electron chi connectivity index (χ1n) is 5.97. The van der Waals surface area contributed by atoms with E-state index in [4.69, 9.17) is 5.73 Å². The maximum absolute atomic E-state index is 11.3. The lowest BCUT2D eigenvalue weighted by Gasteiger charge is -2.10. The predicted molar refractivity (Wildman–Crippen MR) is 77.0 cm³/mol. The minimum atomic E-state index is -0.698. The Labute approximate surface area is 115 Å². The van der Waals surface area contributed by atoms with Crippen LogP contribution in [-0.2, 0) is 0 Å². The van der Waals surface area contributed by atoms with E-state index >= 15 is 0 Å². The monoisotopic (exact) mass is 273 g/mol. The molecule has 4 N–H and O–H groups in total. The molecule has 0 fully saturated rings. The van der Waals surface area contributed by atoms with Gasteiger partial charge in [-0.1, -0.05) is 12.1 Å². The molecule has 2 rings (SSSR count). The number of aliphatic imine (C=N–C) groups is 1. The number of para-hydroxylation sites is 2. The first-order valence-corrected chi connectivity index (χ1v) is 5.97. The van der Waals surface area contributed by atoms with Crippen LogP contribution in [0.25, 0.3) is 0 Å². The number of aromatic nitrogens is 1. The molecule has 1 heterocycles. The third-order valence-corrected chi connectivity index (χ3v) is 2.95. The maximum Gasteiger partial charge on any atom is 0.286 e. The molecule has 1 aromatic carbocycles. The molecule has 104 valence electrons. The molecule has 1 aromatic heterocycles. The highest BCUT2D eigenvalue weighted by molar-refractivity contribution is 6.03. The molecular formula is C14H15N3O3. The number of aromatic hydroxyl groups is 1. The molecule has 0 aliphatic heterocycles. The highest BCUT2D eigenvalue weighted by atomic mass is 16.5. The van der Waals surface area contributed by atoms with Crippen LogP contribution in [0.1, 0.15) is 18.1 Å². The Kier molecular flexibility index (Phi) is 3.47. The third kappa shape index (κ3) is 2.35. The zero-order chi connectivity index (χ0) is 14.9. The van der Waals surface area contributed by atoms with E-state index < -0.39 is 11.4 Å². The van der Waals surface area contributed by atoms with Crippen LogP contribution in [0.3, 0.4) is 0 Å². The van der Waals surface area contributed by atoms with E-state index in [1.54, 1.807) is 38.1 Å². The summed E-state index contributed by atoms with van der Waals surface area (Å²) in [5.41, 5.74) is 7.43. The van der Waals surface area contributed by atoms with E-state index in [0.717, 1.165) is 0 Å². The summed E-state index contributed by atoms with van der Waals surface area (Å²) >= 11 is 0. The first kappa shape index (κ1) is 13.7. The van der Waals surface area contributed by atoms with Gasteiger partial charge in [-0.15, -0.1) is 4.73 Å². The molecule has 0 unspecified atom stereocenters. The van der Waals surface area contributed by atoms with Gasteiger partial charge in [0.05, 0.1) is 22.6 Å². The average molecular weight is 273 g/mol. The SMILES string of the molecule is CC(=Nc1ccccc1N)c1c(C)cc(=O)n(O)c1O. The van der Waals surface area contributed by atoms with Crippen molar-refractivity contribution >= 4 is 17.1 Å². The fourth-order valence-electron chi connectivity index (χ4n) is 1.98. The van der Waals surface area contributed by atoms with Gasteiger partial charge in [-0.3, -0.25) is 9.79 Å².